The molecule has 8 heteroatoms. The predicted octanol–water partition coefficient (Wildman–Crippen LogP) is -4.45. The molecule has 0 heterocycles. The van der Waals surface area contributed by atoms with Gasteiger partial charge >= 0.3 is 0 Å². The molecule has 256 valence electrons. The molecule has 0 aromatic heterocycles. The lowest BCUT2D eigenvalue weighted by Gasteiger charge is -2.34. The Kier molecular flexibility index (Phi) is 56.2. The second kappa shape index (κ2) is 36.9. The van der Waals surface area contributed by atoms with Crippen molar-refractivity contribution in [3.8, 4) is 0 Å². The highest BCUT2D eigenvalue weighted by Crippen LogP contribution is 2.05. The number of hydrogen-bond donors (Lipinski definition) is 0. The van der Waals surface area contributed by atoms with E-state index in [1.807, 2.05) is 0 Å². The molecular formula is C32H80Br4N4. The summed E-state index contributed by atoms with van der Waals surface area (Å²) in [5.41, 5.74) is 0. The van der Waals surface area contributed by atoms with Crippen molar-refractivity contribution in [3.63, 3.8) is 0 Å². The molecule has 0 aliphatic rings. The van der Waals surface area contributed by atoms with E-state index in [4.69, 9.17) is 0 Å². The third kappa shape index (κ3) is 24.1. The van der Waals surface area contributed by atoms with E-state index in [1.165, 1.54) is 123 Å². The van der Waals surface area contributed by atoms with E-state index in [1.54, 1.807) is 0 Å². The first-order valence-corrected chi connectivity index (χ1v) is 16.4. The van der Waals surface area contributed by atoms with Crippen LogP contribution in [0.2, 0.25) is 0 Å². The quantitative estimate of drug-likeness (QED) is 0.138. The molecule has 0 aromatic rings. The van der Waals surface area contributed by atoms with Crippen LogP contribution in [-0.2, 0) is 0 Å². The number of nitrogens with zero attached hydrogens (tertiary/aromatic N) is 4. The highest BCUT2D eigenvalue weighted by atomic mass is 79.9. The zero-order valence-corrected chi connectivity index (χ0v) is 37.0. The zero-order chi connectivity index (χ0) is 29.3. The molecule has 0 aliphatic carbocycles. The molecule has 0 unspecified atom stereocenters. The van der Waals surface area contributed by atoms with Crippen molar-refractivity contribution in [3.05, 3.63) is 0 Å². The van der Waals surface area contributed by atoms with Crippen molar-refractivity contribution < 1.29 is 85.9 Å². The highest BCUT2D eigenvalue weighted by molar-refractivity contribution is 4.33. The van der Waals surface area contributed by atoms with Gasteiger partial charge < -0.3 is 85.9 Å². The van der Waals surface area contributed by atoms with Crippen LogP contribution in [0.4, 0.5) is 0 Å². The fourth-order valence-electron chi connectivity index (χ4n) is 5.37. The van der Waals surface area contributed by atoms with Gasteiger partial charge in [-0.15, -0.1) is 0 Å². The van der Waals surface area contributed by atoms with Gasteiger partial charge in [0, 0.05) is 0 Å². The lowest BCUT2D eigenvalue weighted by molar-refractivity contribution is -0.921. The minimum Gasteiger partial charge on any atom is -1.00 e. The first kappa shape index (κ1) is 60.9. The van der Waals surface area contributed by atoms with Crippen LogP contribution in [0.3, 0.4) is 0 Å². The number of halogens is 4. The van der Waals surface area contributed by atoms with E-state index >= 15 is 0 Å². The number of quaternary nitrogens is 4. The van der Waals surface area contributed by atoms with Gasteiger partial charge in [0.15, 0.2) is 0 Å². The SMILES string of the molecule is CC[N+](CC)(CC)CC.CC[N+](CC)(CC)CC.CC[N+](CC)(CC)CC.CC[N+](CC)(CC)CC.[Br-].[Br-].[Br-].[Br-]. The fraction of sp³-hybridized carbons (Fsp3) is 1.00. The summed E-state index contributed by atoms with van der Waals surface area (Å²) >= 11 is 0. The van der Waals surface area contributed by atoms with Crippen LogP contribution < -0.4 is 67.9 Å². The Hall–Kier alpha value is 1.76. The van der Waals surface area contributed by atoms with Gasteiger partial charge in [0.2, 0.25) is 0 Å². The normalized spacial score (nSPS) is 10.8. The van der Waals surface area contributed by atoms with Gasteiger partial charge in [0.1, 0.15) is 0 Å². The fourth-order valence-corrected chi connectivity index (χ4v) is 5.37. The molecule has 0 saturated heterocycles. The standard InChI is InChI=1S/4C8H20N.4BrH/c4*1-5-9(6-2,7-3)8-4;;;;/h4*5-8H2,1-4H3;4*1H/q4*+1;;;;/p-4. The molecule has 0 rings (SSSR count). The summed E-state index contributed by atoms with van der Waals surface area (Å²) in [5.74, 6) is 0. The lowest BCUT2D eigenvalue weighted by atomic mass is 10.3. The molecule has 0 fully saturated rings. The smallest absolute Gasteiger partial charge is 0.0757 e. The van der Waals surface area contributed by atoms with Gasteiger partial charge in [-0.1, -0.05) is 0 Å². The summed E-state index contributed by atoms with van der Waals surface area (Å²) < 4.78 is 5.11. The largest absolute Gasteiger partial charge is 1.00 e. The second-order valence-corrected chi connectivity index (χ2v) is 10.4. The van der Waals surface area contributed by atoms with Gasteiger partial charge in [0.25, 0.3) is 0 Å². The monoisotopic (exact) mass is 836 g/mol. The summed E-state index contributed by atoms with van der Waals surface area (Å²) in [6.07, 6.45) is 0. The van der Waals surface area contributed by atoms with Crippen LogP contribution in [0, 0.1) is 0 Å². The first-order chi connectivity index (χ1) is 17.0. The van der Waals surface area contributed by atoms with Crippen molar-refractivity contribution in [2.75, 3.05) is 105 Å². The van der Waals surface area contributed by atoms with Crippen LogP contribution in [0.25, 0.3) is 0 Å². The first-order valence-electron chi connectivity index (χ1n) is 16.4. The summed E-state index contributed by atoms with van der Waals surface area (Å²) in [7, 11) is 0. The minimum atomic E-state index is 0. The second-order valence-electron chi connectivity index (χ2n) is 10.4. The average molecular weight is 841 g/mol. The minimum absolute atomic E-state index is 0. The average Bonchev–Trinajstić information content (AvgIpc) is 2.96. The number of rotatable bonds is 16. The maximum absolute atomic E-state index is 2.27. The summed E-state index contributed by atoms with van der Waals surface area (Å²) in [6, 6.07) is 0. The van der Waals surface area contributed by atoms with Gasteiger partial charge in [0.05, 0.1) is 105 Å². The zero-order valence-electron chi connectivity index (χ0n) is 30.6. The molecule has 0 aromatic carbocycles. The van der Waals surface area contributed by atoms with E-state index in [0.29, 0.717) is 0 Å². The summed E-state index contributed by atoms with van der Waals surface area (Å²) in [6.45, 7) is 56.9. The van der Waals surface area contributed by atoms with Crippen LogP contribution in [0.5, 0.6) is 0 Å². The van der Waals surface area contributed by atoms with E-state index in [0.717, 1.165) is 0 Å². The van der Waals surface area contributed by atoms with Crippen molar-refractivity contribution in [1.29, 1.82) is 0 Å². The Morgan fingerprint density at radius 2 is 0.225 bits per heavy atom. The molecule has 0 bridgehead atoms. The molecule has 4 nitrogen and oxygen atoms in total. The van der Waals surface area contributed by atoms with Crippen LogP contribution in [0.1, 0.15) is 111 Å². The van der Waals surface area contributed by atoms with E-state index in [9.17, 15) is 0 Å². The van der Waals surface area contributed by atoms with Crippen LogP contribution in [-0.4, -0.2) is 123 Å². The van der Waals surface area contributed by atoms with Crippen LogP contribution in [0.15, 0.2) is 0 Å². The van der Waals surface area contributed by atoms with E-state index < -0.39 is 0 Å². The Morgan fingerprint density at radius 1 is 0.175 bits per heavy atom. The lowest BCUT2D eigenvalue weighted by Crippen LogP contribution is -3.00. The summed E-state index contributed by atoms with van der Waals surface area (Å²) in [5, 5.41) is 0. The molecule has 0 aliphatic heterocycles. The van der Waals surface area contributed by atoms with Gasteiger partial charge in [-0.3, -0.25) is 0 Å². The molecule has 40 heavy (non-hydrogen) atoms. The Labute approximate surface area is 299 Å². The van der Waals surface area contributed by atoms with E-state index in [-0.39, 0.29) is 67.9 Å². The molecule has 0 amide bonds. The van der Waals surface area contributed by atoms with Crippen molar-refractivity contribution >= 4 is 0 Å². The third-order valence-electron chi connectivity index (χ3n) is 10.7. The molecular weight excluding hydrogens is 760 g/mol. The van der Waals surface area contributed by atoms with Gasteiger partial charge in [-0.25, -0.2) is 0 Å². The maximum Gasteiger partial charge on any atom is 0.0757 e. The van der Waals surface area contributed by atoms with Gasteiger partial charge in [-0.2, -0.15) is 0 Å². The molecule has 0 N–H and O–H groups in total. The molecule has 0 saturated carbocycles. The molecule has 0 atom stereocenters. The van der Waals surface area contributed by atoms with Crippen molar-refractivity contribution in [1.82, 2.24) is 0 Å². The molecule has 0 spiro atoms. The van der Waals surface area contributed by atoms with Gasteiger partial charge in [-0.05, 0) is 111 Å². The Bertz CT molecular complexity index is 289. The predicted molar refractivity (Wildman–Crippen MR) is 170 cm³/mol. The van der Waals surface area contributed by atoms with Crippen molar-refractivity contribution in [2.45, 2.75) is 111 Å². The topological polar surface area (TPSA) is 0 Å². The molecule has 0 radical (unpaired) electrons. The van der Waals surface area contributed by atoms with E-state index in [2.05, 4.69) is 111 Å². The van der Waals surface area contributed by atoms with Crippen LogP contribution >= 0.6 is 0 Å². The number of hydrogen-bond acceptors (Lipinski definition) is 0. The highest BCUT2D eigenvalue weighted by Gasteiger charge is 2.18. The maximum atomic E-state index is 2.27. The Morgan fingerprint density at radius 3 is 0.225 bits per heavy atom. The Balaban J connectivity index is -0.0000000551. The van der Waals surface area contributed by atoms with Crippen molar-refractivity contribution in [2.24, 2.45) is 0 Å². The summed E-state index contributed by atoms with van der Waals surface area (Å²) in [4.78, 5) is 0. The third-order valence-corrected chi connectivity index (χ3v) is 10.7.